The molecule has 0 saturated heterocycles. The SMILES string of the molecule is CC(C)n1ncc(Br)c1C(N)CC1=CCCCC1. The van der Waals surface area contributed by atoms with Gasteiger partial charge in [0.15, 0.2) is 0 Å². The molecule has 100 valence electrons. The Hall–Kier alpha value is -0.610. The highest BCUT2D eigenvalue weighted by Crippen LogP contribution is 2.31. The van der Waals surface area contributed by atoms with E-state index in [1.54, 1.807) is 0 Å². The molecule has 3 nitrogen and oxygen atoms in total. The minimum absolute atomic E-state index is 0.0358. The molecule has 0 amide bonds. The molecule has 2 rings (SSSR count). The van der Waals surface area contributed by atoms with Crippen LogP contribution < -0.4 is 5.73 Å². The molecule has 1 heterocycles. The van der Waals surface area contributed by atoms with E-state index in [1.165, 1.54) is 31.3 Å². The van der Waals surface area contributed by atoms with Crippen molar-refractivity contribution in [1.82, 2.24) is 9.78 Å². The Labute approximate surface area is 118 Å². The van der Waals surface area contributed by atoms with Crippen molar-refractivity contribution in [3.8, 4) is 0 Å². The van der Waals surface area contributed by atoms with Crippen molar-refractivity contribution >= 4 is 15.9 Å². The van der Waals surface area contributed by atoms with Gasteiger partial charge in [0.2, 0.25) is 0 Å². The van der Waals surface area contributed by atoms with E-state index in [1.807, 2.05) is 10.9 Å². The van der Waals surface area contributed by atoms with Crippen molar-refractivity contribution in [3.05, 3.63) is 28.0 Å². The van der Waals surface area contributed by atoms with Gasteiger partial charge in [-0.1, -0.05) is 11.6 Å². The van der Waals surface area contributed by atoms with Crippen LogP contribution in [0.1, 0.15) is 63.7 Å². The molecule has 1 aromatic rings. The van der Waals surface area contributed by atoms with E-state index in [4.69, 9.17) is 5.73 Å². The molecule has 0 aromatic carbocycles. The molecular formula is C14H22BrN3. The second-order valence-corrected chi connectivity index (χ2v) is 6.19. The Balaban J connectivity index is 2.15. The van der Waals surface area contributed by atoms with Crippen LogP contribution in [0.5, 0.6) is 0 Å². The maximum atomic E-state index is 6.38. The van der Waals surface area contributed by atoms with Crippen LogP contribution in [0.25, 0.3) is 0 Å². The van der Waals surface area contributed by atoms with Crippen LogP contribution in [0.2, 0.25) is 0 Å². The van der Waals surface area contributed by atoms with Crippen LogP contribution in [0.15, 0.2) is 22.3 Å². The van der Waals surface area contributed by atoms with Crippen LogP contribution in [-0.2, 0) is 0 Å². The molecule has 0 aliphatic heterocycles. The highest BCUT2D eigenvalue weighted by Gasteiger charge is 2.19. The summed E-state index contributed by atoms with van der Waals surface area (Å²) >= 11 is 3.57. The molecule has 0 radical (unpaired) electrons. The fourth-order valence-electron chi connectivity index (χ4n) is 2.58. The summed E-state index contributed by atoms with van der Waals surface area (Å²) in [5.41, 5.74) is 9.01. The molecule has 0 fully saturated rings. The van der Waals surface area contributed by atoms with Gasteiger partial charge in [0.25, 0.3) is 0 Å². The van der Waals surface area contributed by atoms with Gasteiger partial charge in [-0.2, -0.15) is 5.10 Å². The monoisotopic (exact) mass is 311 g/mol. The zero-order chi connectivity index (χ0) is 13.1. The number of rotatable bonds is 4. The molecule has 1 aliphatic rings. The molecule has 18 heavy (non-hydrogen) atoms. The van der Waals surface area contributed by atoms with Gasteiger partial charge in [0, 0.05) is 6.04 Å². The van der Waals surface area contributed by atoms with E-state index in [-0.39, 0.29) is 6.04 Å². The Kier molecular flexibility index (Phi) is 4.62. The van der Waals surface area contributed by atoms with Crippen LogP contribution in [-0.4, -0.2) is 9.78 Å². The summed E-state index contributed by atoms with van der Waals surface area (Å²) in [5.74, 6) is 0. The highest BCUT2D eigenvalue weighted by atomic mass is 79.9. The average molecular weight is 312 g/mol. The second kappa shape index (κ2) is 6.02. The third-order valence-electron chi connectivity index (χ3n) is 3.49. The highest BCUT2D eigenvalue weighted by molar-refractivity contribution is 9.10. The first-order valence-electron chi connectivity index (χ1n) is 6.76. The minimum Gasteiger partial charge on any atom is -0.322 e. The Bertz CT molecular complexity index is 434. The van der Waals surface area contributed by atoms with E-state index in [0.717, 1.165) is 16.6 Å². The molecule has 0 saturated carbocycles. The van der Waals surface area contributed by atoms with Crippen LogP contribution >= 0.6 is 15.9 Å². The largest absolute Gasteiger partial charge is 0.322 e. The van der Waals surface area contributed by atoms with Crippen molar-refractivity contribution in [1.29, 1.82) is 0 Å². The van der Waals surface area contributed by atoms with Crippen molar-refractivity contribution in [2.24, 2.45) is 5.73 Å². The third-order valence-corrected chi connectivity index (χ3v) is 4.11. The van der Waals surface area contributed by atoms with Gasteiger partial charge in [-0.3, -0.25) is 4.68 Å². The number of halogens is 1. The third kappa shape index (κ3) is 3.04. The lowest BCUT2D eigenvalue weighted by Crippen LogP contribution is -2.19. The predicted molar refractivity (Wildman–Crippen MR) is 78.4 cm³/mol. The number of nitrogens with two attached hydrogens (primary N) is 1. The van der Waals surface area contributed by atoms with E-state index in [2.05, 4.69) is 41.0 Å². The minimum atomic E-state index is 0.0358. The normalized spacial score (nSPS) is 17.9. The molecule has 1 unspecified atom stereocenters. The molecule has 1 aliphatic carbocycles. The number of nitrogens with zero attached hydrogens (tertiary/aromatic N) is 2. The van der Waals surface area contributed by atoms with Gasteiger partial charge in [0.05, 0.1) is 22.4 Å². The maximum absolute atomic E-state index is 6.38. The second-order valence-electron chi connectivity index (χ2n) is 5.33. The van der Waals surface area contributed by atoms with Crippen LogP contribution in [0.3, 0.4) is 0 Å². The van der Waals surface area contributed by atoms with Crippen LogP contribution in [0, 0.1) is 0 Å². The quantitative estimate of drug-likeness (QED) is 0.850. The number of allylic oxidation sites excluding steroid dienone is 1. The van der Waals surface area contributed by atoms with Gasteiger partial charge in [0.1, 0.15) is 0 Å². The lowest BCUT2D eigenvalue weighted by molar-refractivity contribution is 0.480. The van der Waals surface area contributed by atoms with Gasteiger partial charge in [-0.05, 0) is 61.9 Å². The summed E-state index contributed by atoms with van der Waals surface area (Å²) in [6.45, 7) is 4.27. The van der Waals surface area contributed by atoms with Crippen molar-refractivity contribution in [2.45, 2.75) is 58.0 Å². The van der Waals surface area contributed by atoms with Crippen molar-refractivity contribution in [3.63, 3.8) is 0 Å². The van der Waals surface area contributed by atoms with Crippen LogP contribution in [0.4, 0.5) is 0 Å². The Morgan fingerprint density at radius 2 is 2.22 bits per heavy atom. The lowest BCUT2D eigenvalue weighted by atomic mass is 9.93. The van der Waals surface area contributed by atoms with E-state index < -0.39 is 0 Å². The van der Waals surface area contributed by atoms with Gasteiger partial charge >= 0.3 is 0 Å². The zero-order valence-corrected chi connectivity index (χ0v) is 12.8. The predicted octanol–water partition coefficient (Wildman–Crippen LogP) is 4.12. The van der Waals surface area contributed by atoms with E-state index in [9.17, 15) is 0 Å². The van der Waals surface area contributed by atoms with Crippen molar-refractivity contribution in [2.75, 3.05) is 0 Å². The number of hydrogen-bond donors (Lipinski definition) is 1. The summed E-state index contributed by atoms with van der Waals surface area (Å²) in [6, 6.07) is 0.381. The van der Waals surface area contributed by atoms with Gasteiger partial charge in [-0.15, -0.1) is 0 Å². The topological polar surface area (TPSA) is 43.8 Å². The molecule has 0 bridgehead atoms. The molecule has 4 heteroatoms. The fraction of sp³-hybridized carbons (Fsp3) is 0.643. The Morgan fingerprint density at radius 3 is 2.83 bits per heavy atom. The van der Waals surface area contributed by atoms with E-state index >= 15 is 0 Å². The molecule has 1 atom stereocenters. The van der Waals surface area contributed by atoms with E-state index in [0.29, 0.717) is 6.04 Å². The summed E-state index contributed by atoms with van der Waals surface area (Å²) in [5, 5.41) is 4.40. The maximum Gasteiger partial charge on any atom is 0.0699 e. The molecular weight excluding hydrogens is 290 g/mol. The molecule has 0 spiro atoms. The average Bonchev–Trinajstić information content (AvgIpc) is 2.72. The summed E-state index contributed by atoms with van der Waals surface area (Å²) in [6.07, 6.45) is 10.2. The first kappa shape index (κ1) is 13.8. The summed E-state index contributed by atoms with van der Waals surface area (Å²) in [7, 11) is 0. The zero-order valence-electron chi connectivity index (χ0n) is 11.2. The fourth-order valence-corrected chi connectivity index (χ4v) is 3.15. The molecule has 2 N–H and O–H groups in total. The summed E-state index contributed by atoms with van der Waals surface area (Å²) < 4.78 is 3.05. The standard InChI is InChI=1S/C14H22BrN3/c1-10(2)18-14(12(15)9-17-18)13(16)8-11-6-4-3-5-7-11/h6,9-10,13H,3-5,7-8,16H2,1-2H3. The molecule has 1 aromatic heterocycles. The lowest BCUT2D eigenvalue weighted by Gasteiger charge is -2.20. The van der Waals surface area contributed by atoms with Crippen molar-refractivity contribution < 1.29 is 0 Å². The van der Waals surface area contributed by atoms with Gasteiger partial charge in [-0.25, -0.2) is 0 Å². The smallest absolute Gasteiger partial charge is 0.0699 e. The van der Waals surface area contributed by atoms with Gasteiger partial charge < -0.3 is 5.73 Å². The first-order valence-corrected chi connectivity index (χ1v) is 7.55. The first-order chi connectivity index (χ1) is 8.59. The number of hydrogen-bond acceptors (Lipinski definition) is 2. The summed E-state index contributed by atoms with van der Waals surface area (Å²) in [4.78, 5) is 0. The number of aromatic nitrogens is 2. The Morgan fingerprint density at radius 1 is 1.44 bits per heavy atom.